The minimum atomic E-state index is -1.66. The number of hydrogen-bond acceptors (Lipinski definition) is 3. The molecule has 0 aliphatic heterocycles. The molecule has 0 saturated carbocycles. The molecule has 98 valence electrons. The summed E-state index contributed by atoms with van der Waals surface area (Å²) >= 11 is 5.93. The van der Waals surface area contributed by atoms with E-state index < -0.39 is 8.32 Å². The fourth-order valence-electron chi connectivity index (χ4n) is 1.33. The summed E-state index contributed by atoms with van der Waals surface area (Å²) in [6.45, 7) is 10.0. The van der Waals surface area contributed by atoms with Crippen molar-refractivity contribution < 1.29 is 9.16 Å². The highest BCUT2D eigenvalue weighted by molar-refractivity contribution is 6.70. The number of methoxy groups -OCH3 is 1. The molecule has 0 aromatic heterocycles. The van der Waals surface area contributed by atoms with Gasteiger partial charge in [-0.1, -0.05) is 11.6 Å². The third-order valence-corrected chi connectivity index (χ3v) is 3.05. The Hall–Kier alpha value is -1.26. The molecule has 5 heteroatoms. The van der Waals surface area contributed by atoms with Crippen molar-refractivity contribution >= 4 is 26.1 Å². The van der Waals surface area contributed by atoms with Gasteiger partial charge in [0, 0.05) is 16.8 Å². The van der Waals surface area contributed by atoms with E-state index in [1.165, 1.54) is 0 Å². The third kappa shape index (κ3) is 4.94. The monoisotopic (exact) mass is 283 g/mol. The summed E-state index contributed by atoms with van der Waals surface area (Å²) in [5.74, 6) is 1.13. The minimum absolute atomic E-state index is 0.413. The van der Waals surface area contributed by atoms with Crippen LogP contribution in [0.5, 0.6) is 5.75 Å². The summed E-state index contributed by atoms with van der Waals surface area (Å²) in [6, 6.07) is 5.35. The Kier molecular flexibility index (Phi) is 4.99. The molecule has 0 spiro atoms. The first-order valence-corrected chi connectivity index (χ1v) is 9.36. The van der Waals surface area contributed by atoms with Crippen LogP contribution in [0, 0.1) is 0 Å². The van der Waals surface area contributed by atoms with Crippen LogP contribution in [-0.4, -0.2) is 21.6 Å². The molecular weight excluding hydrogens is 266 g/mol. The first kappa shape index (κ1) is 14.8. The molecule has 3 nitrogen and oxygen atoms in total. The summed E-state index contributed by atoms with van der Waals surface area (Å²) < 4.78 is 10.9. The predicted octanol–water partition coefficient (Wildman–Crippen LogP) is 4.09. The lowest BCUT2D eigenvalue weighted by Crippen LogP contribution is -2.24. The number of nitrogens with zero attached hydrogens (tertiary/aromatic N) is 1. The zero-order chi connectivity index (χ0) is 13.8. The van der Waals surface area contributed by atoms with Gasteiger partial charge in [-0.3, -0.25) is 0 Å². The van der Waals surface area contributed by atoms with Gasteiger partial charge in [-0.2, -0.15) is 0 Å². The molecule has 18 heavy (non-hydrogen) atoms. The highest BCUT2D eigenvalue weighted by Crippen LogP contribution is 2.21. The second-order valence-corrected chi connectivity index (χ2v) is 9.62. The van der Waals surface area contributed by atoms with Crippen LogP contribution in [0.15, 0.2) is 35.7 Å². The Morgan fingerprint density at radius 3 is 2.61 bits per heavy atom. The molecule has 0 atom stereocenters. The van der Waals surface area contributed by atoms with E-state index in [0.29, 0.717) is 16.7 Å². The SMILES string of the molecule is C=C(N=Cc1cc(Cl)ccc1OC)O[Si](C)(C)C. The van der Waals surface area contributed by atoms with E-state index in [9.17, 15) is 0 Å². The van der Waals surface area contributed by atoms with Crippen LogP contribution in [0.2, 0.25) is 24.7 Å². The summed E-state index contributed by atoms with van der Waals surface area (Å²) in [7, 11) is -0.0568. The highest BCUT2D eigenvalue weighted by atomic mass is 35.5. The van der Waals surface area contributed by atoms with Gasteiger partial charge in [-0.25, -0.2) is 4.99 Å². The first-order valence-electron chi connectivity index (χ1n) is 5.57. The number of hydrogen-bond donors (Lipinski definition) is 0. The van der Waals surface area contributed by atoms with Gasteiger partial charge in [-0.05, 0) is 44.4 Å². The van der Waals surface area contributed by atoms with Crippen LogP contribution < -0.4 is 4.74 Å². The largest absolute Gasteiger partial charge is 0.532 e. The zero-order valence-electron chi connectivity index (χ0n) is 11.2. The highest BCUT2D eigenvalue weighted by Gasteiger charge is 2.16. The molecule has 1 aromatic carbocycles. The van der Waals surface area contributed by atoms with Gasteiger partial charge < -0.3 is 9.16 Å². The van der Waals surface area contributed by atoms with Crippen molar-refractivity contribution in [1.82, 2.24) is 0 Å². The Morgan fingerprint density at radius 2 is 2.06 bits per heavy atom. The number of aliphatic imine (C=N–C) groups is 1. The van der Waals surface area contributed by atoms with Crippen molar-refractivity contribution in [2.24, 2.45) is 4.99 Å². The van der Waals surface area contributed by atoms with Crippen LogP contribution in [0.25, 0.3) is 0 Å². The van der Waals surface area contributed by atoms with Crippen LogP contribution in [0.3, 0.4) is 0 Å². The standard InChI is InChI=1S/C13H18ClNO2Si/c1-10(17-18(3,4)5)15-9-11-8-12(14)6-7-13(11)16-2/h6-9H,1H2,2-5H3. The molecule has 0 unspecified atom stereocenters. The topological polar surface area (TPSA) is 30.8 Å². The molecule has 1 aromatic rings. The molecule has 0 aliphatic rings. The average molecular weight is 284 g/mol. The smallest absolute Gasteiger partial charge is 0.244 e. The van der Waals surface area contributed by atoms with Gasteiger partial charge in [0.15, 0.2) is 5.88 Å². The minimum Gasteiger partial charge on any atom is -0.532 e. The fourth-order valence-corrected chi connectivity index (χ4v) is 2.27. The van der Waals surface area contributed by atoms with Gasteiger partial charge in [0.25, 0.3) is 0 Å². The molecule has 0 radical (unpaired) electrons. The number of benzene rings is 1. The van der Waals surface area contributed by atoms with Crippen molar-refractivity contribution in [2.75, 3.05) is 7.11 Å². The molecule has 0 N–H and O–H groups in total. The normalized spacial score (nSPS) is 11.6. The predicted molar refractivity (Wildman–Crippen MR) is 79.2 cm³/mol. The van der Waals surface area contributed by atoms with Gasteiger partial charge in [-0.15, -0.1) is 0 Å². The van der Waals surface area contributed by atoms with Crippen molar-refractivity contribution in [1.29, 1.82) is 0 Å². The molecule has 0 heterocycles. The fraction of sp³-hybridized carbons (Fsp3) is 0.308. The van der Waals surface area contributed by atoms with Crippen molar-refractivity contribution in [3.63, 3.8) is 0 Å². The van der Waals surface area contributed by atoms with Crippen LogP contribution >= 0.6 is 11.6 Å². The Balaban J connectivity index is 2.84. The van der Waals surface area contributed by atoms with Crippen molar-refractivity contribution in [3.8, 4) is 5.75 Å². The van der Waals surface area contributed by atoms with Gasteiger partial charge in [0.2, 0.25) is 8.32 Å². The van der Waals surface area contributed by atoms with Crippen LogP contribution in [0.1, 0.15) is 5.56 Å². The van der Waals surface area contributed by atoms with Crippen LogP contribution in [0.4, 0.5) is 0 Å². The maximum absolute atomic E-state index is 5.93. The maximum Gasteiger partial charge on any atom is 0.244 e. The summed E-state index contributed by atoms with van der Waals surface area (Å²) in [6.07, 6.45) is 1.65. The average Bonchev–Trinajstić information content (AvgIpc) is 2.24. The molecule has 0 saturated heterocycles. The van der Waals surface area contributed by atoms with Gasteiger partial charge in [0.1, 0.15) is 5.75 Å². The second kappa shape index (κ2) is 6.07. The quantitative estimate of drug-likeness (QED) is 0.463. The second-order valence-electron chi connectivity index (χ2n) is 4.75. The lowest BCUT2D eigenvalue weighted by atomic mass is 10.2. The van der Waals surface area contributed by atoms with E-state index in [0.717, 1.165) is 5.56 Å². The summed E-state index contributed by atoms with van der Waals surface area (Å²) in [5, 5.41) is 0.633. The van der Waals surface area contributed by atoms with Gasteiger partial charge >= 0.3 is 0 Å². The first-order chi connectivity index (χ1) is 8.31. The summed E-state index contributed by atoms with van der Waals surface area (Å²) in [5.41, 5.74) is 0.797. The molecule has 0 aliphatic carbocycles. The van der Waals surface area contributed by atoms with E-state index >= 15 is 0 Å². The lowest BCUT2D eigenvalue weighted by Gasteiger charge is -2.18. The Bertz CT molecular complexity index is 467. The van der Waals surface area contributed by atoms with E-state index in [2.05, 4.69) is 31.2 Å². The molecule has 0 bridgehead atoms. The van der Waals surface area contributed by atoms with Gasteiger partial charge in [0.05, 0.1) is 7.11 Å². The molecule has 0 fully saturated rings. The van der Waals surface area contributed by atoms with Crippen LogP contribution in [-0.2, 0) is 4.43 Å². The number of ether oxygens (including phenoxy) is 1. The number of halogens is 1. The lowest BCUT2D eigenvalue weighted by molar-refractivity contribution is 0.413. The van der Waals surface area contributed by atoms with E-state index in [-0.39, 0.29) is 0 Å². The van der Waals surface area contributed by atoms with Crippen molar-refractivity contribution in [3.05, 3.63) is 41.2 Å². The molecule has 1 rings (SSSR count). The van der Waals surface area contributed by atoms with E-state index in [1.54, 1.807) is 31.5 Å². The third-order valence-electron chi connectivity index (χ3n) is 1.96. The Labute approximate surface area is 114 Å². The zero-order valence-corrected chi connectivity index (χ0v) is 12.9. The maximum atomic E-state index is 5.93. The van der Waals surface area contributed by atoms with E-state index in [4.69, 9.17) is 20.8 Å². The van der Waals surface area contributed by atoms with E-state index in [1.807, 2.05) is 0 Å². The Morgan fingerprint density at radius 1 is 1.39 bits per heavy atom. The summed E-state index contributed by atoms with van der Waals surface area (Å²) in [4.78, 5) is 4.18. The molecular formula is C13H18ClNO2Si. The van der Waals surface area contributed by atoms with Crippen molar-refractivity contribution in [2.45, 2.75) is 19.6 Å². The molecule has 0 amide bonds. The number of rotatable bonds is 5.